The first-order valence-electron chi connectivity index (χ1n) is 8.45. The first-order chi connectivity index (χ1) is 9.26. The normalized spacial score (nSPS) is 35.0. The molecule has 1 saturated carbocycles. The van der Waals surface area contributed by atoms with Crippen molar-refractivity contribution in [2.24, 2.45) is 23.7 Å². The first-order valence-corrected chi connectivity index (χ1v) is 9.33. The Morgan fingerprint density at radius 2 is 1.60 bits per heavy atom. The minimum atomic E-state index is 0.0744. The Morgan fingerprint density at radius 3 is 2.10 bits per heavy atom. The van der Waals surface area contributed by atoms with Gasteiger partial charge in [0.25, 0.3) is 0 Å². The van der Waals surface area contributed by atoms with Crippen LogP contribution < -0.4 is 0 Å². The fourth-order valence-electron chi connectivity index (χ4n) is 4.02. The Labute approximate surface area is 132 Å². The van der Waals surface area contributed by atoms with E-state index < -0.39 is 0 Å². The molecule has 1 fully saturated rings. The van der Waals surface area contributed by atoms with Crippen molar-refractivity contribution in [3.63, 3.8) is 0 Å². The molecular weight excluding hydrogens is 259 g/mol. The number of fused-ring (bicyclic) bond motifs is 1. The predicted molar refractivity (Wildman–Crippen MR) is 93.3 cm³/mol. The summed E-state index contributed by atoms with van der Waals surface area (Å²) in [6, 6.07) is 0. The lowest BCUT2D eigenvalue weighted by atomic mass is 9.57. The summed E-state index contributed by atoms with van der Waals surface area (Å²) in [7, 11) is 6.70. The van der Waals surface area contributed by atoms with Gasteiger partial charge in [0.2, 0.25) is 0 Å². The molecule has 1 aliphatic heterocycles. The van der Waals surface area contributed by atoms with Crippen LogP contribution in [0.4, 0.5) is 0 Å². The lowest BCUT2D eigenvalue weighted by Crippen LogP contribution is -2.19. The van der Waals surface area contributed by atoms with Crippen LogP contribution in [0.25, 0.3) is 0 Å². The lowest BCUT2D eigenvalue weighted by Gasteiger charge is -2.34. The van der Waals surface area contributed by atoms with Crippen molar-refractivity contribution in [1.29, 1.82) is 0 Å². The number of thioether (sulfide) groups is 1. The average molecular weight is 290 g/mol. The van der Waals surface area contributed by atoms with E-state index in [2.05, 4.69) is 53.3 Å². The molecule has 3 unspecified atom stereocenters. The number of allylic oxidation sites excluding steroid dienone is 2. The summed E-state index contributed by atoms with van der Waals surface area (Å²) in [5.41, 5.74) is 1.77. The summed E-state index contributed by atoms with van der Waals surface area (Å²) in [5, 5.41) is 0.874. The maximum Gasteiger partial charge on any atom is 0.0749 e. The fourth-order valence-corrected chi connectivity index (χ4v) is 5.82. The van der Waals surface area contributed by atoms with E-state index in [1.165, 1.54) is 25.7 Å². The lowest BCUT2D eigenvalue weighted by molar-refractivity contribution is 0.361. The molecule has 0 bridgehead atoms. The van der Waals surface area contributed by atoms with Crippen molar-refractivity contribution in [2.45, 2.75) is 77.8 Å². The van der Waals surface area contributed by atoms with Crippen LogP contribution in [0, 0.1) is 23.7 Å². The van der Waals surface area contributed by atoms with Crippen LogP contribution in [0.15, 0.2) is 10.5 Å². The van der Waals surface area contributed by atoms with Gasteiger partial charge >= 0.3 is 0 Å². The van der Waals surface area contributed by atoms with Gasteiger partial charge in [-0.25, -0.2) is 0 Å². The Hall–Kier alpha value is 0.155. The van der Waals surface area contributed by atoms with Crippen LogP contribution in [-0.4, -0.2) is 13.1 Å². The molecule has 1 aliphatic carbocycles. The first kappa shape index (κ1) is 16.5. The third-order valence-electron chi connectivity index (χ3n) is 5.52. The topological polar surface area (TPSA) is 0 Å². The third-order valence-corrected chi connectivity index (χ3v) is 7.35. The van der Waals surface area contributed by atoms with E-state index in [1.54, 1.807) is 10.5 Å². The van der Waals surface area contributed by atoms with Gasteiger partial charge in [0.1, 0.15) is 0 Å². The van der Waals surface area contributed by atoms with Gasteiger partial charge < -0.3 is 0 Å². The molecule has 0 N–H and O–H groups in total. The van der Waals surface area contributed by atoms with Crippen LogP contribution in [0.1, 0.15) is 67.2 Å². The highest BCUT2D eigenvalue weighted by Crippen LogP contribution is 2.57. The molecule has 112 valence electrons. The number of hydrogen-bond donors (Lipinski definition) is 0. The smallest absolute Gasteiger partial charge is 0.0749 e. The zero-order valence-electron chi connectivity index (χ0n) is 14.2. The molecule has 2 rings (SSSR count). The summed E-state index contributed by atoms with van der Waals surface area (Å²) >= 11 is 2.19. The van der Waals surface area contributed by atoms with E-state index in [0.29, 0.717) is 17.8 Å². The van der Waals surface area contributed by atoms with Crippen molar-refractivity contribution < 1.29 is 0 Å². The summed E-state index contributed by atoms with van der Waals surface area (Å²) in [5.74, 6) is 2.78. The zero-order chi connectivity index (χ0) is 15.1. The van der Waals surface area contributed by atoms with Gasteiger partial charge in [0.15, 0.2) is 0 Å². The summed E-state index contributed by atoms with van der Waals surface area (Å²) < 4.78 is 0. The van der Waals surface area contributed by atoms with E-state index >= 15 is 0 Å². The van der Waals surface area contributed by atoms with Gasteiger partial charge in [-0.3, -0.25) is 0 Å². The van der Waals surface area contributed by atoms with Gasteiger partial charge in [0, 0.05) is 5.25 Å². The van der Waals surface area contributed by atoms with Crippen molar-refractivity contribution in [3.8, 4) is 0 Å². The highest BCUT2D eigenvalue weighted by atomic mass is 32.2. The van der Waals surface area contributed by atoms with Crippen LogP contribution in [0.2, 0.25) is 5.31 Å². The van der Waals surface area contributed by atoms with Crippen molar-refractivity contribution in [1.82, 2.24) is 0 Å². The SMILES string of the molecule is [B]C1(C(C)C)CCC2SC(C(C)C)=C(C(C)C)C2CC1. The van der Waals surface area contributed by atoms with Crippen LogP contribution >= 0.6 is 11.8 Å². The molecule has 0 aromatic heterocycles. The van der Waals surface area contributed by atoms with Crippen LogP contribution in [0.5, 0.6) is 0 Å². The van der Waals surface area contributed by atoms with E-state index in [-0.39, 0.29) is 5.31 Å². The largest absolute Gasteiger partial charge is 0.126 e. The van der Waals surface area contributed by atoms with Crippen LogP contribution in [0.3, 0.4) is 0 Å². The summed E-state index contributed by atoms with van der Waals surface area (Å²) in [6.45, 7) is 14.1. The molecule has 2 aliphatic rings. The third kappa shape index (κ3) is 3.01. The van der Waals surface area contributed by atoms with Gasteiger partial charge in [-0.1, -0.05) is 65.3 Å². The maximum absolute atomic E-state index is 6.70. The van der Waals surface area contributed by atoms with E-state index in [0.717, 1.165) is 11.2 Å². The van der Waals surface area contributed by atoms with Gasteiger partial charge in [-0.05, 0) is 41.4 Å². The molecular formula is C18H31BS. The second kappa shape index (κ2) is 6.11. The highest BCUT2D eigenvalue weighted by molar-refractivity contribution is 8.04. The molecule has 3 atom stereocenters. The monoisotopic (exact) mass is 290 g/mol. The zero-order valence-corrected chi connectivity index (χ0v) is 15.0. The van der Waals surface area contributed by atoms with E-state index in [4.69, 9.17) is 7.85 Å². The standard InChI is InChI=1S/C18H31BS/c1-11(2)16-14-7-9-18(19,13(5)6)10-8-15(14)20-17(16)12(3)4/h11-15H,7-10H2,1-6H3. The molecule has 0 spiro atoms. The summed E-state index contributed by atoms with van der Waals surface area (Å²) in [4.78, 5) is 1.70. The van der Waals surface area contributed by atoms with Gasteiger partial charge in [-0.2, -0.15) is 0 Å². The maximum atomic E-state index is 6.70. The molecule has 0 saturated heterocycles. The minimum Gasteiger partial charge on any atom is -0.126 e. The van der Waals surface area contributed by atoms with Crippen molar-refractivity contribution in [3.05, 3.63) is 10.5 Å². The summed E-state index contributed by atoms with van der Waals surface area (Å²) in [6.07, 6.45) is 5.01. The molecule has 20 heavy (non-hydrogen) atoms. The Morgan fingerprint density at radius 1 is 1.00 bits per heavy atom. The van der Waals surface area contributed by atoms with E-state index in [9.17, 15) is 0 Å². The van der Waals surface area contributed by atoms with E-state index in [1.807, 2.05) is 0 Å². The number of hydrogen-bond acceptors (Lipinski definition) is 1. The molecule has 0 aromatic carbocycles. The van der Waals surface area contributed by atoms with Gasteiger partial charge in [-0.15, -0.1) is 11.8 Å². The quantitative estimate of drug-likeness (QED) is 0.588. The predicted octanol–water partition coefficient (Wildman–Crippen LogP) is 5.84. The molecule has 0 aromatic rings. The molecule has 0 amide bonds. The van der Waals surface area contributed by atoms with Crippen LogP contribution in [-0.2, 0) is 0 Å². The van der Waals surface area contributed by atoms with Crippen molar-refractivity contribution >= 4 is 19.6 Å². The Bertz CT molecular complexity index is 383. The Kier molecular flexibility index (Phi) is 5.05. The number of rotatable bonds is 3. The second-order valence-electron chi connectivity index (χ2n) is 7.86. The Balaban J connectivity index is 2.24. The molecule has 2 radical (unpaired) electrons. The molecule has 2 heteroatoms. The van der Waals surface area contributed by atoms with Crippen molar-refractivity contribution in [2.75, 3.05) is 0 Å². The highest BCUT2D eigenvalue weighted by Gasteiger charge is 2.42. The fraction of sp³-hybridized carbons (Fsp3) is 0.889. The minimum absolute atomic E-state index is 0.0744. The average Bonchev–Trinajstić information content (AvgIpc) is 2.64. The second-order valence-corrected chi connectivity index (χ2v) is 9.14. The molecule has 1 heterocycles. The van der Waals surface area contributed by atoms with Gasteiger partial charge in [0.05, 0.1) is 7.85 Å². The molecule has 0 nitrogen and oxygen atoms in total.